The molecule has 20 heavy (non-hydrogen) atoms. The van der Waals surface area contributed by atoms with Crippen LogP contribution in [0.2, 0.25) is 0 Å². The van der Waals surface area contributed by atoms with E-state index in [-0.39, 0.29) is 23.9 Å². The van der Waals surface area contributed by atoms with E-state index < -0.39 is 10.5 Å². The molecule has 1 atom stereocenters. The van der Waals surface area contributed by atoms with Crippen molar-refractivity contribution in [3.8, 4) is 5.88 Å². The number of methoxy groups -OCH3 is 1. The van der Waals surface area contributed by atoms with E-state index in [2.05, 4.69) is 10.3 Å². The smallest absolute Gasteiger partial charge is 0.311 e. The maximum Gasteiger partial charge on any atom is 0.311 e. The van der Waals surface area contributed by atoms with Gasteiger partial charge in [0.05, 0.1) is 17.6 Å². The second-order valence-corrected chi connectivity index (χ2v) is 5.07. The normalized spacial score (nSPS) is 13.9. The maximum atomic E-state index is 10.9. The molecule has 1 aromatic rings. The van der Waals surface area contributed by atoms with Crippen molar-refractivity contribution in [3.05, 3.63) is 22.2 Å². The van der Waals surface area contributed by atoms with Crippen LogP contribution in [0.4, 0.5) is 11.5 Å². The lowest BCUT2D eigenvalue weighted by Gasteiger charge is -2.27. The summed E-state index contributed by atoms with van der Waals surface area (Å²) in [6.45, 7) is 2.19. The lowest BCUT2D eigenvalue weighted by Crippen LogP contribution is -2.43. The second kappa shape index (κ2) is 6.49. The first-order valence-corrected chi connectivity index (χ1v) is 6.05. The summed E-state index contributed by atoms with van der Waals surface area (Å²) < 4.78 is 4.94. The molecule has 0 aliphatic carbocycles. The molecule has 0 saturated carbocycles. The summed E-state index contributed by atoms with van der Waals surface area (Å²) >= 11 is 0. The van der Waals surface area contributed by atoms with Gasteiger partial charge in [-0.1, -0.05) is 0 Å². The molecule has 0 bridgehead atoms. The van der Waals surface area contributed by atoms with Crippen LogP contribution in [0.25, 0.3) is 0 Å². The molecular formula is C12H20N4O4. The third-order valence-corrected chi connectivity index (χ3v) is 2.55. The Labute approximate surface area is 117 Å². The average molecular weight is 284 g/mol. The van der Waals surface area contributed by atoms with Gasteiger partial charge in [0.25, 0.3) is 0 Å². The van der Waals surface area contributed by atoms with Gasteiger partial charge in [-0.05, 0) is 21.0 Å². The number of hydrogen-bond donors (Lipinski definition) is 2. The highest BCUT2D eigenvalue weighted by Gasteiger charge is 2.24. The van der Waals surface area contributed by atoms with Crippen molar-refractivity contribution in [2.24, 2.45) is 0 Å². The fourth-order valence-electron chi connectivity index (χ4n) is 1.84. The Bertz CT molecular complexity index is 477. The van der Waals surface area contributed by atoms with Crippen LogP contribution >= 0.6 is 0 Å². The van der Waals surface area contributed by atoms with Crippen LogP contribution in [-0.4, -0.2) is 59.8 Å². The third-order valence-electron chi connectivity index (χ3n) is 2.55. The lowest BCUT2D eigenvalue weighted by atomic mass is 10.1. The Balaban J connectivity index is 2.87. The summed E-state index contributed by atoms with van der Waals surface area (Å²) in [5.74, 6) is 0.346. The van der Waals surface area contributed by atoms with Crippen LogP contribution in [-0.2, 0) is 0 Å². The minimum absolute atomic E-state index is 0.0772. The minimum atomic E-state index is -1.04. The first-order chi connectivity index (χ1) is 9.25. The molecule has 0 radical (unpaired) electrons. The quantitative estimate of drug-likeness (QED) is 0.562. The molecule has 0 fully saturated rings. The Kier molecular flexibility index (Phi) is 5.23. The van der Waals surface area contributed by atoms with Gasteiger partial charge in [-0.25, -0.2) is 0 Å². The largest absolute Gasteiger partial charge is 0.481 e. The molecule has 0 aliphatic rings. The Morgan fingerprint density at radius 3 is 2.70 bits per heavy atom. The second-order valence-electron chi connectivity index (χ2n) is 5.07. The number of ether oxygens (including phenoxy) is 1. The maximum absolute atomic E-state index is 10.9. The molecule has 0 aliphatic heterocycles. The Hall–Kier alpha value is -1.93. The Morgan fingerprint density at radius 2 is 2.20 bits per heavy atom. The van der Waals surface area contributed by atoms with E-state index in [0.29, 0.717) is 6.54 Å². The summed E-state index contributed by atoms with van der Waals surface area (Å²) in [6.07, 6.45) is 0. The van der Waals surface area contributed by atoms with Crippen molar-refractivity contribution in [2.45, 2.75) is 12.5 Å². The molecule has 1 aromatic heterocycles. The van der Waals surface area contributed by atoms with E-state index in [4.69, 9.17) is 4.74 Å². The Morgan fingerprint density at radius 1 is 1.55 bits per heavy atom. The van der Waals surface area contributed by atoms with Gasteiger partial charge in [-0.15, -0.1) is 0 Å². The van der Waals surface area contributed by atoms with E-state index in [0.717, 1.165) is 0 Å². The number of nitrogens with zero attached hydrogens (tertiary/aromatic N) is 3. The highest BCUT2D eigenvalue weighted by molar-refractivity contribution is 5.57. The molecule has 112 valence electrons. The molecule has 8 nitrogen and oxygen atoms in total. The number of aromatic nitrogens is 1. The van der Waals surface area contributed by atoms with E-state index in [1.165, 1.54) is 19.2 Å². The van der Waals surface area contributed by atoms with Crippen molar-refractivity contribution >= 4 is 11.5 Å². The molecule has 0 spiro atoms. The van der Waals surface area contributed by atoms with E-state index in [1.807, 2.05) is 19.0 Å². The molecular weight excluding hydrogens is 264 g/mol. The van der Waals surface area contributed by atoms with Gasteiger partial charge in [-0.2, -0.15) is 4.98 Å². The molecule has 1 rings (SSSR count). The van der Waals surface area contributed by atoms with E-state index in [9.17, 15) is 15.2 Å². The van der Waals surface area contributed by atoms with Gasteiger partial charge in [0.1, 0.15) is 0 Å². The summed E-state index contributed by atoms with van der Waals surface area (Å²) in [7, 11) is 5.10. The van der Waals surface area contributed by atoms with Crippen molar-refractivity contribution in [3.63, 3.8) is 0 Å². The van der Waals surface area contributed by atoms with Crippen LogP contribution in [0.5, 0.6) is 5.88 Å². The number of anilines is 1. The number of pyridine rings is 1. The number of aliphatic hydroxyl groups is 1. The molecule has 1 heterocycles. The fourth-order valence-corrected chi connectivity index (χ4v) is 1.84. The topological polar surface area (TPSA) is 101 Å². The van der Waals surface area contributed by atoms with Gasteiger partial charge in [0.15, 0.2) is 0 Å². The third kappa shape index (κ3) is 4.63. The monoisotopic (exact) mass is 284 g/mol. The minimum Gasteiger partial charge on any atom is -0.481 e. The van der Waals surface area contributed by atoms with Gasteiger partial charge in [0.2, 0.25) is 11.7 Å². The summed E-state index contributed by atoms with van der Waals surface area (Å²) in [6, 6.07) is 2.73. The molecule has 0 amide bonds. The first-order valence-electron chi connectivity index (χ1n) is 6.05. The van der Waals surface area contributed by atoms with Crippen LogP contribution in [0, 0.1) is 10.1 Å². The van der Waals surface area contributed by atoms with Crippen LogP contribution in [0.1, 0.15) is 6.92 Å². The molecule has 2 N–H and O–H groups in total. The zero-order valence-corrected chi connectivity index (χ0v) is 12.1. The van der Waals surface area contributed by atoms with Gasteiger partial charge >= 0.3 is 5.69 Å². The standard InChI is InChI=1S/C12H20N4O4/c1-12(17,8-15(2)3)7-13-11-9(16(18)19)5-6-10(14-11)20-4/h5-6,17H,7-8H2,1-4H3,(H,13,14). The number of nitro groups is 1. The molecule has 8 heteroatoms. The van der Waals surface area contributed by atoms with Gasteiger partial charge in [0, 0.05) is 25.2 Å². The van der Waals surface area contributed by atoms with Crippen molar-refractivity contribution in [1.29, 1.82) is 0 Å². The van der Waals surface area contributed by atoms with Crippen molar-refractivity contribution in [1.82, 2.24) is 9.88 Å². The van der Waals surface area contributed by atoms with Crippen LogP contribution < -0.4 is 10.1 Å². The number of likely N-dealkylation sites (N-methyl/N-ethyl adjacent to an activating group) is 1. The summed E-state index contributed by atoms with van der Waals surface area (Å²) in [5, 5.41) is 23.9. The SMILES string of the molecule is COc1ccc([N+](=O)[O-])c(NCC(C)(O)CN(C)C)n1. The highest BCUT2D eigenvalue weighted by atomic mass is 16.6. The number of nitrogens with one attached hydrogen (secondary N) is 1. The summed E-state index contributed by atoms with van der Waals surface area (Å²) in [4.78, 5) is 16.2. The number of hydrogen-bond acceptors (Lipinski definition) is 7. The molecule has 0 saturated heterocycles. The predicted octanol–water partition coefficient (Wildman–Crippen LogP) is 0.723. The first kappa shape index (κ1) is 16.1. The zero-order valence-electron chi connectivity index (χ0n) is 12.1. The van der Waals surface area contributed by atoms with E-state index >= 15 is 0 Å². The molecule has 0 aromatic carbocycles. The van der Waals surface area contributed by atoms with Gasteiger partial charge in [-0.3, -0.25) is 10.1 Å². The van der Waals surface area contributed by atoms with Crippen molar-refractivity contribution in [2.75, 3.05) is 39.6 Å². The zero-order chi connectivity index (χ0) is 15.3. The van der Waals surface area contributed by atoms with Crippen LogP contribution in [0.15, 0.2) is 12.1 Å². The highest BCUT2D eigenvalue weighted by Crippen LogP contribution is 2.25. The fraction of sp³-hybridized carbons (Fsp3) is 0.583. The average Bonchev–Trinajstić information content (AvgIpc) is 2.34. The summed E-state index contributed by atoms with van der Waals surface area (Å²) in [5.41, 5.74) is -1.20. The molecule has 1 unspecified atom stereocenters. The predicted molar refractivity (Wildman–Crippen MR) is 75.1 cm³/mol. The lowest BCUT2D eigenvalue weighted by molar-refractivity contribution is -0.384. The van der Waals surface area contributed by atoms with E-state index in [1.54, 1.807) is 6.92 Å². The van der Waals surface area contributed by atoms with Crippen LogP contribution in [0.3, 0.4) is 0 Å². The number of rotatable bonds is 7. The van der Waals surface area contributed by atoms with Gasteiger partial charge < -0.3 is 20.1 Å². The van der Waals surface area contributed by atoms with Crippen molar-refractivity contribution < 1.29 is 14.8 Å².